The lowest BCUT2D eigenvalue weighted by molar-refractivity contribution is 0.170. The average Bonchev–Trinajstić information content (AvgIpc) is 2.34. The van der Waals surface area contributed by atoms with Gasteiger partial charge in [-0.2, -0.15) is 0 Å². The molecule has 0 unspecified atom stereocenters. The zero-order valence-corrected chi connectivity index (χ0v) is 14.2. The fraction of sp³-hybridized carbons (Fsp3) is 0.765. The lowest BCUT2D eigenvalue weighted by Crippen LogP contribution is -2.60. The van der Waals surface area contributed by atoms with Crippen molar-refractivity contribution < 1.29 is 0 Å². The number of nitrogens with zero attached hydrogens (tertiary/aromatic N) is 1. The van der Waals surface area contributed by atoms with Crippen LogP contribution >= 0.6 is 0 Å². The molecular formula is C17H28N4O. The van der Waals surface area contributed by atoms with Gasteiger partial charge in [0.05, 0.1) is 5.69 Å². The van der Waals surface area contributed by atoms with E-state index in [2.05, 4.69) is 48.3 Å². The normalized spacial score (nSPS) is 23.8. The zero-order chi connectivity index (χ0) is 16.0. The van der Waals surface area contributed by atoms with Crippen molar-refractivity contribution in [2.24, 2.45) is 0 Å². The quantitative estimate of drug-likeness (QED) is 0.784. The molecule has 3 rings (SSSR count). The first-order valence-corrected chi connectivity index (χ1v) is 8.42. The summed E-state index contributed by atoms with van der Waals surface area (Å²) >= 11 is 0. The standard InChI is InChI=1S/C17H28N4O/c1-16(2)9-11(10-17(3,4)21-16)18-15-19-13-8-6-5-7-12(13)14(22)20-15/h11,21H,5-10H2,1-4H3,(H2,18,19,20,22). The number of aryl methyl sites for hydroxylation is 1. The number of fused-ring (bicyclic) bond motifs is 1. The Kier molecular flexibility index (Phi) is 3.79. The van der Waals surface area contributed by atoms with Gasteiger partial charge in [-0.1, -0.05) is 0 Å². The summed E-state index contributed by atoms with van der Waals surface area (Å²) in [5.41, 5.74) is 2.08. The molecule has 2 aliphatic rings. The number of hydrogen-bond donors (Lipinski definition) is 3. The van der Waals surface area contributed by atoms with Gasteiger partial charge in [-0.3, -0.25) is 9.78 Å². The molecule has 122 valence electrons. The van der Waals surface area contributed by atoms with Crippen molar-refractivity contribution in [3.05, 3.63) is 21.6 Å². The second-order valence-corrected chi connectivity index (χ2v) is 8.19. The van der Waals surface area contributed by atoms with Crippen molar-refractivity contribution in [3.63, 3.8) is 0 Å². The van der Waals surface area contributed by atoms with Crippen LogP contribution in [0.2, 0.25) is 0 Å². The first kappa shape index (κ1) is 15.5. The summed E-state index contributed by atoms with van der Waals surface area (Å²) in [6.07, 6.45) is 6.05. The summed E-state index contributed by atoms with van der Waals surface area (Å²) in [7, 11) is 0. The number of piperidine rings is 1. The molecule has 0 spiro atoms. The van der Waals surface area contributed by atoms with Gasteiger partial charge in [0.2, 0.25) is 5.95 Å². The Bertz CT molecular complexity index is 602. The largest absolute Gasteiger partial charge is 0.353 e. The molecule has 0 saturated carbocycles. The predicted molar refractivity (Wildman–Crippen MR) is 89.4 cm³/mol. The minimum absolute atomic E-state index is 0.0413. The third kappa shape index (κ3) is 3.35. The van der Waals surface area contributed by atoms with Crippen LogP contribution in [0, 0.1) is 0 Å². The lowest BCUT2D eigenvalue weighted by atomic mass is 9.80. The molecule has 5 heteroatoms. The van der Waals surface area contributed by atoms with Crippen LogP contribution in [0.15, 0.2) is 4.79 Å². The number of anilines is 1. The number of aromatic nitrogens is 2. The molecule has 1 saturated heterocycles. The Morgan fingerprint density at radius 1 is 1.09 bits per heavy atom. The van der Waals surface area contributed by atoms with Gasteiger partial charge in [-0.15, -0.1) is 0 Å². The first-order chi connectivity index (χ1) is 10.2. The third-order valence-electron chi connectivity index (χ3n) is 4.72. The number of hydrogen-bond acceptors (Lipinski definition) is 4. The van der Waals surface area contributed by atoms with E-state index in [1.807, 2.05) is 0 Å². The van der Waals surface area contributed by atoms with Gasteiger partial charge in [-0.25, -0.2) is 4.98 Å². The maximum absolute atomic E-state index is 12.2. The Labute approximate surface area is 132 Å². The molecule has 1 aliphatic heterocycles. The summed E-state index contributed by atoms with van der Waals surface area (Å²) in [6.45, 7) is 8.91. The average molecular weight is 304 g/mol. The SMILES string of the molecule is CC1(C)CC(Nc2nc3c(c(=O)[nH]2)CCCC3)CC(C)(C)N1. The van der Waals surface area contributed by atoms with Crippen LogP contribution in [0.4, 0.5) is 5.95 Å². The molecule has 5 nitrogen and oxygen atoms in total. The maximum Gasteiger partial charge on any atom is 0.255 e. The molecule has 3 N–H and O–H groups in total. The van der Waals surface area contributed by atoms with Gasteiger partial charge in [0.1, 0.15) is 0 Å². The maximum atomic E-state index is 12.2. The van der Waals surface area contributed by atoms with E-state index in [0.717, 1.165) is 49.8 Å². The van der Waals surface area contributed by atoms with Gasteiger partial charge in [-0.05, 0) is 66.2 Å². The monoisotopic (exact) mass is 304 g/mol. The first-order valence-electron chi connectivity index (χ1n) is 8.42. The minimum Gasteiger partial charge on any atom is -0.353 e. The third-order valence-corrected chi connectivity index (χ3v) is 4.72. The van der Waals surface area contributed by atoms with Crippen LogP contribution in [-0.4, -0.2) is 27.1 Å². The molecule has 1 fully saturated rings. The molecule has 22 heavy (non-hydrogen) atoms. The Morgan fingerprint density at radius 2 is 1.73 bits per heavy atom. The van der Waals surface area contributed by atoms with E-state index in [9.17, 15) is 4.79 Å². The summed E-state index contributed by atoms with van der Waals surface area (Å²) in [5.74, 6) is 0.643. The molecule has 0 aromatic carbocycles. The van der Waals surface area contributed by atoms with Crippen molar-refractivity contribution in [2.45, 2.75) is 83.3 Å². The van der Waals surface area contributed by atoms with Crippen LogP contribution in [0.25, 0.3) is 0 Å². The van der Waals surface area contributed by atoms with Crippen LogP contribution in [0.1, 0.15) is 64.6 Å². The highest BCUT2D eigenvalue weighted by molar-refractivity contribution is 5.32. The van der Waals surface area contributed by atoms with Gasteiger partial charge in [0, 0.05) is 22.7 Å². The Balaban J connectivity index is 1.81. The van der Waals surface area contributed by atoms with E-state index in [-0.39, 0.29) is 16.6 Å². The Morgan fingerprint density at radius 3 is 2.41 bits per heavy atom. The summed E-state index contributed by atoms with van der Waals surface area (Å²) < 4.78 is 0. The molecule has 0 bridgehead atoms. The van der Waals surface area contributed by atoms with E-state index in [0.29, 0.717) is 12.0 Å². The van der Waals surface area contributed by atoms with Crippen molar-refractivity contribution >= 4 is 5.95 Å². The molecule has 1 aromatic rings. The topological polar surface area (TPSA) is 69.8 Å². The molecule has 1 aliphatic carbocycles. The lowest BCUT2D eigenvalue weighted by Gasteiger charge is -2.46. The van der Waals surface area contributed by atoms with Crippen molar-refractivity contribution in [1.82, 2.24) is 15.3 Å². The van der Waals surface area contributed by atoms with E-state index in [1.165, 1.54) is 0 Å². The van der Waals surface area contributed by atoms with Gasteiger partial charge >= 0.3 is 0 Å². The molecule has 0 amide bonds. The molecule has 0 atom stereocenters. The van der Waals surface area contributed by atoms with Gasteiger partial charge in [0.25, 0.3) is 5.56 Å². The van der Waals surface area contributed by atoms with Crippen LogP contribution < -0.4 is 16.2 Å². The zero-order valence-electron chi connectivity index (χ0n) is 14.2. The number of H-pyrrole nitrogens is 1. The summed E-state index contributed by atoms with van der Waals surface area (Å²) in [5, 5.41) is 7.15. The fourth-order valence-corrected chi connectivity index (χ4v) is 4.29. The number of rotatable bonds is 2. The second kappa shape index (κ2) is 5.37. The van der Waals surface area contributed by atoms with Crippen LogP contribution in [0.5, 0.6) is 0 Å². The highest BCUT2D eigenvalue weighted by Crippen LogP contribution is 2.30. The van der Waals surface area contributed by atoms with E-state index < -0.39 is 0 Å². The van der Waals surface area contributed by atoms with Crippen LogP contribution in [-0.2, 0) is 12.8 Å². The highest BCUT2D eigenvalue weighted by Gasteiger charge is 2.37. The van der Waals surface area contributed by atoms with Crippen molar-refractivity contribution in [2.75, 3.05) is 5.32 Å². The number of aromatic amines is 1. The minimum atomic E-state index is 0.0413. The fourth-order valence-electron chi connectivity index (χ4n) is 4.29. The van der Waals surface area contributed by atoms with Gasteiger partial charge in [0.15, 0.2) is 0 Å². The summed E-state index contributed by atoms with van der Waals surface area (Å²) in [6, 6.07) is 0.316. The van der Waals surface area contributed by atoms with Crippen molar-refractivity contribution in [3.8, 4) is 0 Å². The van der Waals surface area contributed by atoms with Gasteiger partial charge < -0.3 is 10.6 Å². The second-order valence-electron chi connectivity index (χ2n) is 8.19. The highest BCUT2D eigenvalue weighted by atomic mass is 16.1. The molecule has 1 aromatic heterocycles. The number of nitrogens with one attached hydrogen (secondary N) is 3. The molecule has 0 radical (unpaired) electrons. The Hall–Kier alpha value is -1.36. The van der Waals surface area contributed by atoms with E-state index in [1.54, 1.807) is 0 Å². The molecular weight excluding hydrogens is 276 g/mol. The molecule has 2 heterocycles. The summed E-state index contributed by atoms with van der Waals surface area (Å²) in [4.78, 5) is 19.8. The van der Waals surface area contributed by atoms with Crippen molar-refractivity contribution in [1.29, 1.82) is 0 Å². The van der Waals surface area contributed by atoms with E-state index in [4.69, 9.17) is 0 Å². The van der Waals surface area contributed by atoms with Crippen LogP contribution in [0.3, 0.4) is 0 Å². The smallest absolute Gasteiger partial charge is 0.255 e. The van der Waals surface area contributed by atoms with E-state index >= 15 is 0 Å². The predicted octanol–water partition coefficient (Wildman–Crippen LogP) is 2.37.